The lowest BCUT2D eigenvalue weighted by Gasteiger charge is -1.93. The third kappa shape index (κ3) is 12.6. The zero-order valence-corrected chi connectivity index (χ0v) is 11.2. The van der Waals surface area contributed by atoms with Crippen molar-refractivity contribution in [2.45, 2.75) is 39.5 Å². The van der Waals surface area contributed by atoms with Crippen LogP contribution in [-0.4, -0.2) is 13.1 Å². The van der Waals surface area contributed by atoms with Crippen LogP contribution in [0.5, 0.6) is 0 Å². The van der Waals surface area contributed by atoms with Crippen molar-refractivity contribution in [2.75, 3.05) is 7.11 Å². The maximum Gasteiger partial charge on any atom is 0.330 e. The van der Waals surface area contributed by atoms with Crippen LogP contribution in [0.4, 0.5) is 0 Å². The third-order valence-electron chi connectivity index (χ3n) is 2.19. The minimum Gasteiger partial charge on any atom is -0.466 e. The lowest BCUT2D eigenvalue weighted by Crippen LogP contribution is -1.93. The number of rotatable bonds is 8. The van der Waals surface area contributed by atoms with Gasteiger partial charge in [0.25, 0.3) is 0 Å². The molecule has 0 aliphatic heterocycles. The van der Waals surface area contributed by atoms with Gasteiger partial charge in [-0.3, -0.25) is 0 Å². The van der Waals surface area contributed by atoms with Crippen LogP contribution in [0.1, 0.15) is 39.5 Å². The van der Waals surface area contributed by atoms with Crippen molar-refractivity contribution in [3.8, 4) is 0 Å². The fraction of sp³-hybridized carbons (Fsp3) is 0.533. The molecule has 0 amide bonds. The van der Waals surface area contributed by atoms with E-state index in [1.807, 2.05) is 6.08 Å². The highest BCUT2D eigenvalue weighted by atomic mass is 16.5. The van der Waals surface area contributed by atoms with Gasteiger partial charge in [-0.15, -0.1) is 0 Å². The summed E-state index contributed by atoms with van der Waals surface area (Å²) in [6.45, 7) is 4.33. The molecule has 0 rings (SSSR count). The van der Waals surface area contributed by atoms with Crippen LogP contribution in [0.25, 0.3) is 0 Å². The number of unbranched alkanes of at least 4 members (excludes halogenated alkanes) is 3. The number of hydrogen-bond acceptors (Lipinski definition) is 2. The predicted molar refractivity (Wildman–Crippen MR) is 72.7 cm³/mol. The second kappa shape index (κ2) is 11.2. The Morgan fingerprint density at radius 1 is 1.12 bits per heavy atom. The molecule has 96 valence electrons. The monoisotopic (exact) mass is 236 g/mol. The van der Waals surface area contributed by atoms with Gasteiger partial charge in [0.05, 0.1) is 7.11 Å². The molecule has 0 radical (unpaired) electrons. The van der Waals surface area contributed by atoms with Crippen LogP contribution in [0.15, 0.2) is 36.5 Å². The number of hydrogen-bond donors (Lipinski definition) is 0. The van der Waals surface area contributed by atoms with Crippen LogP contribution >= 0.6 is 0 Å². The first kappa shape index (κ1) is 15.7. The predicted octanol–water partition coefficient (Wildman–Crippen LogP) is 4.04. The molecule has 0 aromatic carbocycles. The highest BCUT2D eigenvalue weighted by molar-refractivity contribution is 5.81. The average Bonchev–Trinajstić information content (AvgIpc) is 2.30. The minimum absolute atomic E-state index is 0.274. The third-order valence-corrected chi connectivity index (χ3v) is 2.19. The van der Waals surface area contributed by atoms with Gasteiger partial charge < -0.3 is 4.74 Å². The van der Waals surface area contributed by atoms with E-state index < -0.39 is 0 Å². The smallest absolute Gasteiger partial charge is 0.330 e. The SMILES string of the molecule is COC(=O)/C=C/CCCC/C=C/C=C/C(C)C. The highest BCUT2D eigenvalue weighted by Gasteiger charge is 1.89. The number of esters is 1. The summed E-state index contributed by atoms with van der Waals surface area (Å²) in [5.74, 6) is 0.340. The van der Waals surface area contributed by atoms with Crippen molar-refractivity contribution >= 4 is 5.97 Å². The summed E-state index contributed by atoms with van der Waals surface area (Å²) in [6.07, 6.45) is 16.2. The highest BCUT2D eigenvalue weighted by Crippen LogP contribution is 2.02. The Hall–Kier alpha value is -1.31. The first-order valence-corrected chi connectivity index (χ1v) is 6.24. The molecule has 0 aromatic rings. The largest absolute Gasteiger partial charge is 0.466 e. The van der Waals surface area contributed by atoms with Crippen molar-refractivity contribution in [2.24, 2.45) is 5.92 Å². The lowest BCUT2D eigenvalue weighted by molar-refractivity contribution is -0.134. The molecule has 0 spiro atoms. The van der Waals surface area contributed by atoms with E-state index in [0.29, 0.717) is 5.92 Å². The fourth-order valence-electron chi connectivity index (χ4n) is 1.23. The summed E-state index contributed by atoms with van der Waals surface area (Å²) in [7, 11) is 1.39. The summed E-state index contributed by atoms with van der Waals surface area (Å²) in [4.78, 5) is 10.7. The molecule has 0 fully saturated rings. The van der Waals surface area contributed by atoms with Crippen molar-refractivity contribution in [3.05, 3.63) is 36.5 Å². The first-order chi connectivity index (χ1) is 8.16. The van der Waals surface area contributed by atoms with E-state index in [0.717, 1.165) is 25.7 Å². The Balaban J connectivity index is 3.41. The van der Waals surface area contributed by atoms with Gasteiger partial charge in [0, 0.05) is 6.08 Å². The first-order valence-electron chi connectivity index (χ1n) is 6.24. The van der Waals surface area contributed by atoms with E-state index in [2.05, 4.69) is 42.9 Å². The molecule has 0 aromatic heterocycles. The van der Waals surface area contributed by atoms with Gasteiger partial charge in [0.1, 0.15) is 0 Å². The van der Waals surface area contributed by atoms with Gasteiger partial charge in [-0.2, -0.15) is 0 Å². The average molecular weight is 236 g/mol. The molecule has 0 saturated carbocycles. The summed E-state index contributed by atoms with van der Waals surface area (Å²) in [5.41, 5.74) is 0. The standard InChI is InChI=1S/C15H24O2/c1-14(2)12-10-8-6-4-5-7-9-11-13-15(16)17-3/h6,8,10-14H,4-5,7,9H2,1-3H3/b8-6+,12-10+,13-11+. The molecule has 0 atom stereocenters. The molecular formula is C15H24O2. The quantitative estimate of drug-likeness (QED) is 0.275. The van der Waals surface area contributed by atoms with Gasteiger partial charge >= 0.3 is 5.97 Å². The van der Waals surface area contributed by atoms with Gasteiger partial charge in [-0.25, -0.2) is 4.79 Å². The van der Waals surface area contributed by atoms with E-state index in [1.54, 1.807) is 0 Å². The Kier molecular flexibility index (Phi) is 10.3. The minimum atomic E-state index is -0.274. The zero-order valence-electron chi connectivity index (χ0n) is 11.2. The van der Waals surface area contributed by atoms with Crippen molar-refractivity contribution in [3.63, 3.8) is 0 Å². The maximum absolute atomic E-state index is 10.7. The Morgan fingerprint density at radius 3 is 2.35 bits per heavy atom. The van der Waals surface area contributed by atoms with E-state index in [-0.39, 0.29) is 5.97 Å². The summed E-state index contributed by atoms with van der Waals surface area (Å²) >= 11 is 0. The lowest BCUT2D eigenvalue weighted by atomic mass is 10.1. The Morgan fingerprint density at radius 2 is 1.76 bits per heavy atom. The van der Waals surface area contributed by atoms with Crippen LogP contribution in [-0.2, 0) is 9.53 Å². The molecule has 0 N–H and O–H groups in total. The van der Waals surface area contributed by atoms with Crippen molar-refractivity contribution < 1.29 is 9.53 Å². The van der Waals surface area contributed by atoms with E-state index in [9.17, 15) is 4.79 Å². The van der Waals surface area contributed by atoms with Crippen molar-refractivity contribution in [1.29, 1.82) is 0 Å². The number of carbonyl (C=O) groups excluding carboxylic acids is 1. The second-order valence-electron chi connectivity index (χ2n) is 4.27. The molecule has 2 nitrogen and oxygen atoms in total. The zero-order chi connectivity index (χ0) is 12.9. The second-order valence-corrected chi connectivity index (χ2v) is 4.27. The van der Waals surface area contributed by atoms with Crippen LogP contribution in [0.3, 0.4) is 0 Å². The molecule has 0 bridgehead atoms. The summed E-state index contributed by atoms with van der Waals surface area (Å²) in [6, 6.07) is 0. The van der Waals surface area contributed by atoms with Gasteiger partial charge in [-0.1, -0.05) is 44.2 Å². The number of allylic oxidation sites excluding steroid dienone is 5. The van der Waals surface area contributed by atoms with E-state index in [1.165, 1.54) is 13.2 Å². The molecule has 0 unspecified atom stereocenters. The molecular weight excluding hydrogens is 212 g/mol. The molecule has 17 heavy (non-hydrogen) atoms. The molecule has 0 aliphatic carbocycles. The normalized spacial score (nSPS) is 12.2. The number of ether oxygens (including phenoxy) is 1. The summed E-state index contributed by atoms with van der Waals surface area (Å²) in [5, 5.41) is 0. The number of carbonyl (C=O) groups is 1. The van der Waals surface area contributed by atoms with Crippen LogP contribution in [0, 0.1) is 5.92 Å². The van der Waals surface area contributed by atoms with Crippen LogP contribution in [0.2, 0.25) is 0 Å². The Bertz CT molecular complexity index is 273. The van der Waals surface area contributed by atoms with Crippen LogP contribution < -0.4 is 0 Å². The van der Waals surface area contributed by atoms with E-state index >= 15 is 0 Å². The van der Waals surface area contributed by atoms with Gasteiger partial charge in [-0.05, 0) is 31.6 Å². The maximum atomic E-state index is 10.7. The molecule has 2 heteroatoms. The fourth-order valence-corrected chi connectivity index (χ4v) is 1.23. The van der Waals surface area contributed by atoms with Crippen molar-refractivity contribution in [1.82, 2.24) is 0 Å². The summed E-state index contributed by atoms with van der Waals surface area (Å²) < 4.78 is 4.50. The number of methoxy groups -OCH3 is 1. The van der Waals surface area contributed by atoms with Gasteiger partial charge in [0.15, 0.2) is 0 Å². The topological polar surface area (TPSA) is 26.3 Å². The Labute approximate surface area is 105 Å². The van der Waals surface area contributed by atoms with Gasteiger partial charge in [0.2, 0.25) is 0 Å². The molecule has 0 saturated heterocycles. The molecule has 0 aliphatic rings. The molecule has 0 heterocycles. The van der Waals surface area contributed by atoms with E-state index in [4.69, 9.17) is 0 Å².